The first-order chi connectivity index (χ1) is 7.68. The Labute approximate surface area is 88.5 Å². The van der Waals surface area contributed by atoms with Crippen molar-refractivity contribution in [3.8, 4) is 0 Å². The highest BCUT2D eigenvalue weighted by Crippen LogP contribution is 2.29. The van der Waals surface area contributed by atoms with Crippen molar-refractivity contribution in [2.45, 2.75) is 0 Å². The maximum absolute atomic E-state index is 13.5. The zero-order valence-corrected chi connectivity index (χ0v) is 8.02. The van der Waals surface area contributed by atoms with Crippen molar-refractivity contribution >= 4 is 21.8 Å². The van der Waals surface area contributed by atoms with Gasteiger partial charge in [0.15, 0.2) is 17.5 Å². The molecule has 0 radical (unpaired) electrons. The third-order valence-corrected chi connectivity index (χ3v) is 2.64. The van der Waals surface area contributed by atoms with Crippen LogP contribution < -0.4 is 0 Å². The highest BCUT2D eigenvalue weighted by Gasteiger charge is 2.16. The van der Waals surface area contributed by atoms with Crippen LogP contribution in [0.3, 0.4) is 0 Å². The van der Waals surface area contributed by atoms with Crippen molar-refractivity contribution in [1.29, 1.82) is 0 Å². The second-order valence-corrected chi connectivity index (χ2v) is 3.58. The topological polar surface area (TPSA) is 15.8 Å². The maximum atomic E-state index is 13.5. The number of hydrogen-bond donors (Lipinski definition) is 1. The van der Waals surface area contributed by atoms with E-state index >= 15 is 0 Å². The van der Waals surface area contributed by atoms with Crippen LogP contribution >= 0.6 is 0 Å². The molecule has 16 heavy (non-hydrogen) atoms. The molecule has 0 bridgehead atoms. The second-order valence-electron chi connectivity index (χ2n) is 3.58. The van der Waals surface area contributed by atoms with Gasteiger partial charge in [0.05, 0.1) is 5.52 Å². The van der Waals surface area contributed by atoms with E-state index in [0.717, 1.165) is 6.07 Å². The average Bonchev–Trinajstić information content (AvgIpc) is 2.65. The van der Waals surface area contributed by atoms with Crippen LogP contribution in [-0.2, 0) is 0 Å². The van der Waals surface area contributed by atoms with Crippen LogP contribution in [0.5, 0.6) is 0 Å². The van der Waals surface area contributed by atoms with Crippen molar-refractivity contribution in [3.63, 3.8) is 0 Å². The Balaban J connectivity index is 2.60. The van der Waals surface area contributed by atoms with Crippen molar-refractivity contribution < 1.29 is 13.2 Å². The van der Waals surface area contributed by atoms with Gasteiger partial charge in [0.2, 0.25) is 0 Å². The highest BCUT2D eigenvalue weighted by atomic mass is 19.2. The number of nitrogens with one attached hydrogen (secondary N) is 1. The SMILES string of the molecule is Fc1cc2c([nH]c3ccccc32)c(F)c1F. The van der Waals surface area contributed by atoms with Gasteiger partial charge in [-0.1, -0.05) is 18.2 Å². The summed E-state index contributed by atoms with van der Waals surface area (Å²) in [7, 11) is 0. The predicted molar refractivity (Wildman–Crippen MR) is 55.7 cm³/mol. The number of aromatic amines is 1. The molecule has 0 saturated heterocycles. The number of hydrogen-bond acceptors (Lipinski definition) is 0. The fraction of sp³-hybridized carbons (Fsp3) is 0. The molecule has 0 unspecified atom stereocenters. The van der Waals surface area contributed by atoms with Gasteiger partial charge in [-0.25, -0.2) is 13.2 Å². The molecule has 1 aromatic heterocycles. The molecule has 3 rings (SSSR count). The van der Waals surface area contributed by atoms with Gasteiger partial charge in [0.1, 0.15) is 0 Å². The number of H-pyrrole nitrogens is 1. The van der Waals surface area contributed by atoms with Gasteiger partial charge in [-0.3, -0.25) is 0 Å². The number of aromatic nitrogens is 1. The fourth-order valence-electron chi connectivity index (χ4n) is 1.89. The zero-order valence-electron chi connectivity index (χ0n) is 8.02. The van der Waals surface area contributed by atoms with Crippen molar-refractivity contribution in [3.05, 3.63) is 47.8 Å². The number of para-hydroxylation sites is 1. The molecular formula is C12H6F3N. The summed E-state index contributed by atoms with van der Waals surface area (Å²) in [5.41, 5.74) is 0.654. The molecule has 0 aliphatic carbocycles. The van der Waals surface area contributed by atoms with Gasteiger partial charge in [-0.05, 0) is 12.1 Å². The molecule has 3 aromatic rings. The van der Waals surface area contributed by atoms with Crippen LogP contribution in [0, 0.1) is 17.5 Å². The first-order valence-corrected chi connectivity index (χ1v) is 4.72. The smallest absolute Gasteiger partial charge is 0.196 e. The summed E-state index contributed by atoms with van der Waals surface area (Å²) in [6.07, 6.45) is 0. The third-order valence-electron chi connectivity index (χ3n) is 2.64. The molecule has 1 heterocycles. The largest absolute Gasteiger partial charge is 0.352 e. The van der Waals surface area contributed by atoms with E-state index < -0.39 is 17.5 Å². The Hall–Kier alpha value is -1.97. The van der Waals surface area contributed by atoms with Gasteiger partial charge in [-0.2, -0.15) is 0 Å². The molecule has 1 N–H and O–H groups in total. The van der Waals surface area contributed by atoms with E-state index in [1.807, 2.05) is 0 Å². The van der Waals surface area contributed by atoms with Gasteiger partial charge >= 0.3 is 0 Å². The minimum atomic E-state index is -1.45. The monoisotopic (exact) mass is 221 g/mol. The van der Waals surface area contributed by atoms with Crippen molar-refractivity contribution in [2.24, 2.45) is 0 Å². The molecular weight excluding hydrogens is 215 g/mol. The van der Waals surface area contributed by atoms with Crippen LogP contribution in [0.2, 0.25) is 0 Å². The highest BCUT2D eigenvalue weighted by molar-refractivity contribution is 6.07. The van der Waals surface area contributed by atoms with E-state index in [0.29, 0.717) is 16.3 Å². The molecule has 2 aromatic carbocycles. The summed E-state index contributed by atoms with van der Waals surface area (Å²) in [6, 6.07) is 7.99. The lowest BCUT2D eigenvalue weighted by molar-refractivity contribution is 0.453. The number of benzene rings is 2. The predicted octanol–water partition coefficient (Wildman–Crippen LogP) is 3.74. The normalized spacial score (nSPS) is 11.4. The number of halogens is 3. The van der Waals surface area contributed by atoms with E-state index in [9.17, 15) is 13.2 Å². The summed E-state index contributed by atoms with van der Waals surface area (Å²) < 4.78 is 39.6. The van der Waals surface area contributed by atoms with E-state index in [4.69, 9.17) is 0 Å². The maximum Gasteiger partial charge on any atom is 0.196 e. The van der Waals surface area contributed by atoms with Crippen molar-refractivity contribution in [1.82, 2.24) is 4.98 Å². The lowest BCUT2D eigenvalue weighted by Gasteiger charge is -1.96. The van der Waals surface area contributed by atoms with Crippen LogP contribution in [-0.4, -0.2) is 4.98 Å². The minimum Gasteiger partial charge on any atom is -0.352 e. The Morgan fingerprint density at radius 1 is 0.875 bits per heavy atom. The van der Waals surface area contributed by atoms with Crippen LogP contribution in [0.25, 0.3) is 21.8 Å². The quantitative estimate of drug-likeness (QED) is 0.556. The molecule has 4 heteroatoms. The third kappa shape index (κ3) is 1.07. The molecule has 0 atom stereocenters. The molecule has 0 amide bonds. The first-order valence-electron chi connectivity index (χ1n) is 4.72. The number of rotatable bonds is 0. The van der Waals surface area contributed by atoms with E-state index in [1.54, 1.807) is 24.3 Å². The molecule has 1 nitrogen and oxygen atoms in total. The molecule has 0 saturated carbocycles. The Kier molecular flexibility index (Phi) is 1.74. The molecule has 0 spiro atoms. The van der Waals surface area contributed by atoms with E-state index in [2.05, 4.69) is 4.98 Å². The number of fused-ring (bicyclic) bond motifs is 3. The Morgan fingerprint density at radius 2 is 1.62 bits per heavy atom. The lowest BCUT2D eigenvalue weighted by atomic mass is 10.1. The average molecular weight is 221 g/mol. The second kappa shape index (κ2) is 3.01. The molecule has 0 aliphatic rings. The molecule has 0 fully saturated rings. The van der Waals surface area contributed by atoms with Crippen LogP contribution in [0.15, 0.2) is 30.3 Å². The lowest BCUT2D eigenvalue weighted by Crippen LogP contribution is -1.90. The molecule has 80 valence electrons. The summed E-state index contributed by atoms with van der Waals surface area (Å²) in [5.74, 6) is -3.79. The van der Waals surface area contributed by atoms with E-state index in [-0.39, 0.29) is 5.52 Å². The van der Waals surface area contributed by atoms with Crippen molar-refractivity contribution in [2.75, 3.05) is 0 Å². The van der Waals surface area contributed by atoms with Gasteiger partial charge in [-0.15, -0.1) is 0 Å². The van der Waals surface area contributed by atoms with Gasteiger partial charge < -0.3 is 4.98 Å². The van der Waals surface area contributed by atoms with Gasteiger partial charge in [0.25, 0.3) is 0 Å². The van der Waals surface area contributed by atoms with Crippen LogP contribution in [0.1, 0.15) is 0 Å². The summed E-state index contributed by atoms with van der Waals surface area (Å²) in [5, 5.41) is 1.03. The first kappa shape index (κ1) is 9.27. The minimum absolute atomic E-state index is 0.0000926. The summed E-state index contributed by atoms with van der Waals surface area (Å²) >= 11 is 0. The van der Waals surface area contributed by atoms with Gasteiger partial charge in [0, 0.05) is 16.3 Å². The van der Waals surface area contributed by atoms with Crippen LogP contribution in [0.4, 0.5) is 13.2 Å². The Bertz CT molecular complexity index is 700. The standard InChI is InChI=1S/C12H6F3N/c13-8-5-7-6-3-1-2-4-9(6)16-12(7)11(15)10(8)14/h1-5,16H. The fourth-order valence-corrected chi connectivity index (χ4v) is 1.89. The summed E-state index contributed by atoms with van der Waals surface area (Å²) in [6.45, 7) is 0. The van der Waals surface area contributed by atoms with E-state index in [1.165, 1.54) is 0 Å². The molecule has 0 aliphatic heterocycles. The summed E-state index contributed by atoms with van der Waals surface area (Å²) in [4.78, 5) is 2.73. The zero-order chi connectivity index (χ0) is 11.3. The Morgan fingerprint density at radius 3 is 2.44 bits per heavy atom.